The smallest absolute Gasteiger partial charge is 0.168 e. The summed E-state index contributed by atoms with van der Waals surface area (Å²) in [6.45, 7) is 3.95. The molecule has 3 rings (SSSR count). The Morgan fingerprint density at radius 2 is 2.28 bits per heavy atom. The number of nitrogens with one attached hydrogen (secondary N) is 1. The first-order valence-corrected chi connectivity index (χ1v) is 7.16. The van der Waals surface area contributed by atoms with E-state index in [2.05, 4.69) is 17.2 Å². The van der Waals surface area contributed by atoms with Crippen LogP contribution in [-0.4, -0.2) is 18.1 Å². The van der Waals surface area contributed by atoms with Crippen LogP contribution in [0, 0.1) is 11.3 Å². The van der Waals surface area contributed by atoms with Gasteiger partial charge in [0.15, 0.2) is 11.6 Å². The maximum absolute atomic E-state index is 5.72. The molecular formula is C15H22N2O. The molecule has 0 aromatic carbocycles. The van der Waals surface area contributed by atoms with Crippen LogP contribution in [0.3, 0.4) is 0 Å². The van der Waals surface area contributed by atoms with Crippen LogP contribution in [0.1, 0.15) is 39.0 Å². The average Bonchev–Trinajstić information content (AvgIpc) is 3.27. The Labute approximate surface area is 109 Å². The number of hydrogen-bond donors (Lipinski definition) is 1. The molecule has 2 fully saturated rings. The topological polar surface area (TPSA) is 34.1 Å². The number of anilines is 1. The number of ether oxygens (including phenoxy) is 1. The molecular weight excluding hydrogens is 224 g/mol. The number of aromatic nitrogens is 1. The third kappa shape index (κ3) is 2.45. The van der Waals surface area contributed by atoms with Gasteiger partial charge in [0.1, 0.15) is 0 Å². The van der Waals surface area contributed by atoms with Crippen LogP contribution < -0.4 is 10.1 Å². The molecule has 0 amide bonds. The zero-order valence-electron chi connectivity index (χ0n) is 11.1. The van der Waals surface area contributed by atoms with E-state index in [1.807, 2.05) is 18.3 Å². The largest absolute Gasteiger partial charge is 0.490 e. The Bertz CT molecular complexity index is 411. The minimum Gasteiger partial charge on any atom is -0.490 e. The van der Waals surface area contributed by atoms with E-state index in [1.165, 1.54) is 25.7 Å². The average molecular weight is 246 g/mol. The summed E-state index contributed by atoms with van der Waals surface area (Å²) in [7, 11) is 0. The van der Waals surface area contributed by atoms with Crippen molar-refractivity contribution in [2.24, 2.45) is 11.3 Å². The molecule has 1 aromatic heterocycles. The Kier molecular flexibility index (Phi) is 3.14. The summed E-state index contributed by atoms with van der Waals surface area (Å²) in [5.41, 5.74) is 0.597. The Morgan fingerprint density at radius 1 is 1.44 bits per heavy atom. The van der Waals surface area contributed by atoms with Crippen LogP contribution in [0.25, 0.3) is 0 Å². The lowest BCUT2D eigenvalue weighted by Gasteiger charge is -2.17. The highest BCUT2D eigenvalue weighted by Crippen LogP contribution is 2.61. The number of rotatable bonds is 7. The fourth-order valence-corrected chi connectivity index (χ4v) is 2.70. The molecule has 1 N–H and O–H groups in total. The highest BCUT2D eigenvalue weighted by molar-refractivity contribution is 5.49. The zero-order valence-corrected chi connectivity index (χ0v) is 11.1. The van der Waals surface area contributed by atoms with Crippen molar-refractivity contribution in [3.05, 3.63) is 18.3 Å². The minimum absolute atomic E-state index is 0.597. The molecule has 0 aliphatic heterocycles. The maximum Gasteiger partial charge on any atom is 0.168 e. The molecule has 3 heteroatoms. The van der Waals surface area contributed by atoms with Gasteiger partial charge in [-0.25, -0.2) is 4.98 Å². The quantitative estimate of drug-likeness (QED) is 0.800. The van der Waals surface area contributed by atoms with Crippen molar-refractivity contribution in [3.63, 3.8) is 0 Å². The lowest BCUT2D eigenvalue weighted by molar-refractivity contribution is 0.317. The fraction of sp³-hybridized carbons (Fsp3) is 0.667. The van der Waals surface area contributed by atoms with E-state index < -0.39 is 0 Å². The predicted octanol–water partition coefficient (Wildman–Crippen LogP) is 3.47. The Morgan fingerprint density at radius 3 is 2.94 bits per heavy atom. The fourth-order valence-electron chi connectivity index (χ4n) is 2.70. The molecule has 2 aliphatic carbocycles. The van der Waals surface area contributed by atoms with E-state index in [-0.39, 0.29) is 0 Å². The van der Waals surface area contributed by atoms with E-state index in [4.69, 9.17) is 4.74 Å². The van der Waals surface area contributed by atoms with Gasteiger partial charge in [-0.15, -0.1) is 0 Å². The molecule has 0 unspecified atom stereocenters. The van der Waals surface area contributed by atoms with E-state index in [0.29, 0.717) is 5.41 Å². The molecule has 1 aromatic rings. The first kappa shape index (κ1) is 11.8. The van der Waals surface area contributed by atoms with Crippen LogP contribution >= 0.6 is 0 Å². The van der Waals surface area contributed by atoms with Gasteiger partial charge in [0.25, 0.3) is 0 Å². The van der Waals surface area contributed by atoms with Crippen LogP contribution in [0.15, 0.2) is 18.3 Å². The summed E-state index contributed by atoms with van der Waals surface area (Å²) in [6.07, 6.45) is 8.51. The van der Waals surface area contributed by atoms with E-state index in [1.54, 1.807) is 0 Å². The van der Waals surface area contributed by atoms with Gasteiger partial charge in [-0.05, 0) is 55.6 Å². The van der Waals surface area contributed by atoms with E-state index in [9.17, 15) is 0 Å². The summed E-state index contributed by atoms with van der Waals surface area (Å²) in [5, 5.41) is 3.51. The van der Waals surface area contributed by atoms with E-state index >= 15 is 0 Å². The predicted molar refractivity (Wildman–Crippen MR) is 72.9 cm³/mol. The number of hydrogen-bond acceptors (Lipinski definition) is 3. The monoisotopic (exact) mass is 246 g/mol. The lowest BCUT2D eigenvalue weighted by Crippen LogP contribution is -2.18. The second-order valence-corrected chi connectivity index (χ2v) is 5.69. The van der Waals surface area contributed by atoms with Crippen molar-refractivity contribution in [1.82, 2.24) is 4.98 Å². The first-order chi connectivity index (χ1) is 8.84. The van der Waals surface area contributed by atoms with Crippen molar-refractivity contribution in [2.45, 2.75) is 39.0 Å². The highest BCUT2D eigenvalue weighted by Gasteiger charge is 2.53. The summed E-state index contributed by atoms with van der Waals surface area (Å²) >= 11 is 0. The molecule has 98 valence electrons. The molecule has 0 radical (unpaired) electrons. The van der Waals surface area contributed by atoms with Gasteiger partial charge in [0.2, 0.25) is 0 Å². The molecule has 2 saturated carbocycles. The maximum atomic E-state index is 5.72. The van der Waals surface area contributed by atoms with E-state index in [0.717, 1.165) is 37.1 Å². The summed E-state index contributed by atoms with van der Waals surface area (Å²) in [5.74, 6) is 2.79. The third-order valence-corrected chi connectivity index (χ3v) is 4.18. The number of pyridine rings is 1. The zero-order chi connectivity index (χ0) is 12.4. The van der Waals surface area contributed by atoms with Crippen LogP contribution in [-0.2, 0) is 0 Å². The van der Waals surface area contributed by atoms with Crippen molar-refractivity contribution in [1.29, 1.82) is 0 Å². The lowest BCUT2D eigenvalue weighted by atomic mass is 10.0. The summed E-state index contributed by atoms with van der Waals surface area (Å²) in [4.78, 5) is 4.41. The molecule has 0 spiro atoms. The Hall–Kier alpha value is -1.25. The first-order valence-electron chi connectivity index (χ1n) is 7.16. The molecule has 18 heavy (non-hydrogen) atoms. The number of nitrogens with zero attached hydrogens (tertiary/aromatic N) is 1. The van der Waals surface area contributed by atoms with Crippen molar-refractivity contribution in [2.75, 3.05) is 18.5 Å². The van der Waals surface area contributed by atoms with Gasteiger partial charge in [-0.3, -0.25) is 0 Å². The Balaban J connectivity index is 1.61. The van der Waals surface area contributed by atoms with Gasteiger partial charge >= 0.3 is 0 Å². The summed E-state index contributed by atoms with van der Waals surface area (Å²) in [6, 6.07) is 3.94. The highest BCUT2D eigenvalue weighted by atomic mass is 16.5. The van der Waals surface area contributed by atoms with Crippen molar-refractivity contribution >= 4 is 5.82 Å². The van der Waals surface area contributed by atoms with Gasteiger partial charge < -0.3 is 10.1 Å². The second-order valence-electron chi connectivity index (χ2n) is 5.69. The van der Waals surface area contributed by atoms with Gasteiger partial charge in [-0.2, -0.15) is 0 Å². The summed E-state index contributed by atoms with van der Waals surface area (Å²) < 4.78 is 5.72. The van der Waals surface area contributed by atoms with Crippen LogP contribution in [0.5, 0.6) is 5.75 Å². The molecule has 1 heterocycles. The molecule has 0 bridgehead atoms. The second kappa shape index (κ2) is 4.79. The van der Waals surface area contributed by atoms with Gasteiger partial charge in [0.05, 0.1) is 6.61 Å². The van der Waals surface area contributed by atoms with Gasteiger partial charge in [-0.1, -0.05) is 6.92 Å². The van der Waals surface area contributed by atoms with Crippen molar-refractivity contribution < 1.29 is 4.74 Å². The SMILES string of the molecule is CCCOc1cccnc1NCC1(C2CC2)CC1. The molecule has 0 saturated heterocycles. The molecule has 0 atom stereocenters. The van der Waals surface area contributed by atoms with Crippen LogP contribution in [0.4, 0.5) is 5.82 Å². The molecule has 3 nitrogen and oxygen atoms in total. The minimum atomic E-state index is 0.597. The third-order valence-electron chi connectivity index (χ3n) is 4.18. The normalized spacial score (nSPS) is 20.5. The van der Waals surface area contributed by atoms with Crippen molar-refractivity contribution in [3.8, 4) is 5.75 Å². The molecule has 2 aliphatic rings. The van der Waals surface area contributed by atoms with Gasteiger partial charge in [0, 0.05) is 12.7 Å². The van der Waals surface area contributed by atoms with Crippen LogP contribution in [0.2, 0.25) is 0 Å². The standard InChI is InChI=1S/C15H22N2O/c1-2-10-18-13-4-3-9-16-14(13)17-11-15(7-8-15)12-5-6-12/h3-4,9,12H,2,5-8,10-11H2,1H3,(H,16,17).